The third-order valence-electron chi connectivity index (χ3n) is 2.52. The molecule has 0 aromatic heterocycles. The van der Waals surface area contributed by atoms with E-state index in [1.54, 1.807) is 12.1 Å². The van der Waals surface area contributed by atoms with Gasteiger partial charge in [0.05, 0.1) is 7.11 Å². The van der Waals surface area contributed by atoms with Gasteiger partial charge in [-0.3, -0.25) is 9.59 Å². The smallest absolute Gasteiger partial charge is 0.305 e. The number of hydrogen-bond donors (Lipinski definition) is 2. The van der Waals surface area contributed by atoms with Crippen LogP contribution in [0.3, 0.4) is 0 Å². The van der Waals surface area contributed by atoms with Crippen LogP contribution in [0.1, 0.15) is 28.8 Å². The number of nitrogens with one attached hydrogen (secondary N) is 1. The summed E-state index contributed by atoms with van der Waals surface area (Å²) in [6, 6.07) is 7.11. The van der Waals surface area contributed by atoms with E-state index in [1.165, 1.54) is 7.11 Å². The minimum Gasteiger partial charge on any atom is -0.469 e. The summed E-state index contributed by atoms with van der Waals surface area (Å²) in [7, 11) is 1.35. The molecule has 1 aromatic rings. The highest BCUT2D eigenvalue weighted by Gasteiger charge is 2.05. The summed E-state index contributed by atoms with van der Waals surface area (Å²) < 4.78 is 4.50. The third-order valence-corrected chi connectivity index (χ3v) is 2.52. The monoisotopic (exact) mass is 286 g/mol. The van der Waals surface area contributed by atoms with Crippen molar-refractivity contribution in [3.63, 3.8) is 0 Å². The van der Waals surface area contributed by atoms with Crippen molar-refractivity contribution < 1.29 is 14.3 Å². The van der Waals surface area contributed by atoms with Crippen molar-refractivity contribution in [2.24, 2.45) is 5.73 Å². The van der Waals surface area contributed by atoms with Crippen molar-refractivity contribution in [1.82, 2.24) is 5.32 Å². The zero-order valence-electron chi connectivity index (χ0n) is 10.8. The maximum atomic E-state index is 11.7. The van der Waals surface area contributed by atoms with E-state index < -0.39 is 0 Å². The number of esters is 1. The van der Waals surface area contributed by atoms with Gasteiger partial charge in [0.2, 0.25) is 0 Å². The number of hydrogen-bond acceptors (Lipinski definition) is 4. The number of ether oxygens (including phenoxy) is 1. The minimum absolute atomic E-state index is 0. The predicted octanol–water partition coefficient (Wildman–Crippen LogP) is 1.25. The average molecular weight is 287 g/mol. The summed E-state index contributed by atoms with van der Waals surface area (Å²) >= 11 is 0. The lowest BCUT2D eigenvalue weighted by atomic mass is 10.1. The van der Waals surface area contributed by atoms with Crippen LogP contribution in [0.15, 0.2) is 24.3 Å². The van der Waals surface area contributed by atoms with E-state index in [-0.39, 0.29) is 24.3 Å². The summed E-state index contributed by atoms with van der Waals surface area (Å²) in [4.78, 5) is 22.6. The summed E-state index contributed by atoms with van der Waals surface area (Å²) in [6.07, 6.45) is 0.877. The summed E-state index contributed by atoms with van der Waals surface area (Å²) in [5.41, 5.74) is 7.04. The fraction of sp³-hybridized carbons (Fsp3) is 0.385. The Bertz CT molecular complexity index is 407. The number of carbonyl (C=O) groups excluding carboxylic acids is 2. The van der Waals surface area contributed by atoms with Crippen LogP contribution < -0.4 is 11.1 Å². The molecular formula is C13H19ClN2O3. The van der Waals surface area contributed by atoms with E-state index in [9.17, 15) is 9.59 Å². The molecule has 6 heteroatoms. The van der Waals surface area contributed by atoms with Gasteiger partial charge >= 0.3 is 5.97 Å². The van der Waals surface area contributed by atoms with Gasteiger partial charge in [0.25, 0.3) is 5.91 Å². The van der Waals surface area contributed by atoms with E-state index in [2.05, 4.69) is 10.1 Å². The van der Waals surface area contributed by atoms with Crippen LogP contribution in [0, 0.1) is 0 Å². The van der Waals surface area contributed by atoms with Crippen LogP contribution in [0.25, 0.3) is 0 Å². The highest BCUT2D eigenvalue weighted by atomic mass is 35.5. The maximum absolute atomic E-state index is 11.7. The molecule has 0 heterocycles. The number of halogens is 1. The Morgan fingerprint density at radius 3 is 2.42 bits per heavy atom. The Morgan fingerprint density at radius 1 is 1.26 bits per heavy atom. The lowest BCUT2D eigenvalue weighted by Crippen LogP contribution is -2.25. The highest BCUT2D eigenvalue weighted by Crippen LogP contribution is 2.03. The third kappa shape index (κ3) is 6.22. The summed E-state index contributed by atoms with van der Waals surface area (Å²) in [5, 5.41) is 2.74. The highest BCUT2D eigenvalue weighted by molar-refractivity contribution is 5.94. The molecule has 5 nitrogen and oxygen atoms in total. The van der Waals surface area contributed by atoms with Gasteiger partial charge in [-0.1, -0.05) is 12.1 Å². The number of carbonyl (C=O) groups is 2. The molecule has 0 unspecified atom stereocenters. The molecule has 1 rings (SSSR count). The standard InChI is InChI=1S/C13H18N2O3.ClH/c1-18-12(16)3-2-8-15-13(17)11-6-4-10(9-14)5-7-11;/h4-7H,2-3,8-9,14H2,1H3,(H,15,17);1H. The van der Waals surface area contributed by atoms with Crippen LogP contribution in [-0.4, -0.2) is 25.5 Å². The van der Waals surface area contributed by atoms with Crippen LogP contribution in [0.4, 0.5) is 0 Å². The number of amides is 1. The first kappa shape index (κ1) is 17.4. The number of benzene rings is 1. The van der Waals surface area contributed by atoms with E-state index in [0.717, 1.165) is 5.56 Å². The first-order chi connectivity index (χ1) is 8.67. The fourth-order valence-corrected chi connectivity index (χ4v) is 1.43. The molecule has 106 valence electrons. The molecule has 0 saturated heterocycles. The molecule has 0 aliphatic heterocycles. The number of nitrogens with two attached hydrogens (primary N) is 1. The Labute approximate surface area is 118 Å². The van der Waals surface area contributed by atoms with Crippen molar-refractivity contribution in [1.29, 1.82) is 0 Å². The zero-order chi connectivity index (χ0) is 13.4. The SMILES string of the molecule is COC(=O)CCCNC(=O)c1ccc(CN)cc1.Cl. The second kappa shape index (κ2) is 9.35. The maximum Gasteiger partial charge on any atom is 0.305 e. The predicted molar refractivity (Wildman–Crippen MR) is 75.2 cm³/mol. The Hall–Kier alpha value is -1.59. The molecule has 0 saturated carbocycles. The normalized spacial score (nSPS) is 9.37. The van der Waals surface area contributed by atoms with Crippen molar-refractivity contribution >= 4 is 24.3 Å². The largest absolute Gasteiger partial charge is 0.469 e. The van der Waals surface area contributed by atoms with Gasteiger partial charge in [0.1, 0.15) is 0 Å². The summed E-state index contributed by atoms with van der Waals surface area (Å²) in [5.74, 6) is -0.417. The van der Waals surface area contributed by atoms with E-state index >= 15 is 0 Å². The molecule has 0 bridgehead atoms. The van der Waals surface area contributed by atoms with Crippen molar-refractivity contribution in [2.45, 2.75) is 19.4 Å². The topological polar surface area (TPSA) is 81.4 Å². The fourth-order valence-electron chi connectivity index (χ4n) is 1.43. The second-order valence-electron chi connectivity index (χ2n) is 3.84. The summed E-state index contributed by atoms with van der Waals surface area (Å²) in [6.45, 7) is 0.910. The quantitative estimate of drug-likeness (QED) is 0.609. The molecule has 0 radical (unpaired) electrons. The molecule has 0 spiro atoms. The van der Waals surface area contributed by atoms with Gasteiger partial charge in [-0.25, -0.2) is 0 Å². The van der Waals surface area contributed by atoms with Crippen LogP contribution >= 0.6 is 12.4 Å². The van der Waals surface area contributed by atoms with Gasteiger partial charge in [-0.05, 0) is 24.1 Å². The average Bonchev–Trinajstić information content (AvgIpc) is 2.43. The lowest BCUT2D eigenvalue weighted by molar-refractivity contribution is -0.140. The van der Waals surface area contributed by atoms with Crippen molar-refractivity contribution in [3.8, 4) is 0 Å². The molecule has 0 aliphatic carbocycles. The lowest BCUT2D eigenvalue weighted by Gasteiger charge is -2.05. The van der Waals surface area contributed by atoms with Gasteiger partial charge < -0.3 is 15.8 Å². The molecule has 0 atom stereocenters. The Kier molecular flexibility index (Phi) is 8.57. The molecule has 0 fully saturated rings. The van der Waals surface area contributed by atoms with Gasteiger partial charge in [-0.2, -0.15) is 0 Å². The van der Waals surface area contributed by atoms with E-state index in [1.807, 2.05) is 12.1 Å². The number of rotatable bonds is 6. The minimum atomic E-state index is -0.267. The van der Waals surface area contributed by atoms with Crippen LogP contribution in [0.2, 0.25) is 0 Å². The van der Waals surface area contributed by atoms with Crippen LogP contribution in [0.5, 0.6) is 0 Å². The molecule has 3 N–H and O–H groups in total. The molecule has 1 aromatic carbocycles. The second-order valence-corrected chi connectivity index (χ2v) is 3.84. The molecular weight excluding hydrogens is 268 g/mol. The van der Waals surface area contributed by atoms with Crippen molar-refractivity contribution in [3.05, 3.63) is 35.4 Å². The Morgan fingerprint density at radius 2 is 1.89 bits per heavy atom. The van der Waals surface area contributed by atoms with Crippen molar-refractivity contribution in [2.75, 3.05) is 13.7 Å². The Balaban J connectivity index is 0.00000324. The first-order valence-corrected chi connectivity index (χ1v) is 5.81. The van der Waals surface area contributed by atoms with Crippen LogP contribution in [-0.2, 0) is 16.1 Å². The number of methoxy groups -OCH3 is 1. The molecule has 19 heavy (non-hydrogen) atoms. The van der Waals surface area contributed by atoms with E-state index in [4.69, 9.17) is 5.73 Å². The van der Waals surface area contributed by atoms with Gasteiger partial charge in [0, 0.05) is 25.1 Å². The molecule has 0 aliphatic rings. The van der Waals surface area contributed by atoms with E-state index in [0.29, 0.717) is 31.5 Å². The molecule has 1 amide bonds. The first-order valence-electron chi connectivity index (χ1n) is 5.81. The zero-order valence-corrected chi connectivity index (χ0v) is 11.7. The van der Waals surface area contributed by atoms with Gasteiger partial charge in [-0.15, -0.1) is 12.4 Å². The van der Waals surface area contributed by atoms with Gasteiger partial charge in [0.15, 0.2) is 0 Å².